The van der Waals surface area contributed by atoms with Gasteiger partial charge in [0.1, 0.15) is 0 Å². The van der Waals surface area contributed by atoms with Crippen LogP contribution in [0.15, 0.2) is 0 Å². The van der Waals surface area contributed by atoms with Gasteiger partial charge in [0.25, 0.3) is 0 Å². The zero-order chi connectivity index (χ0) is 9.41. The van der Waals surface area contributed by atoms with Gasteiger partial charge in [-0.3, -0.25) is 4.90 Å². The summed E-state index contributed by atoms with van der Waals surface area (Å²) in [5.41, 5.74) is 5.08. The fraction of sp³-hybridized carbons (Fsp3) is 1.00. The van der Waals surface area contributed by atoms with Gasteiger partial charge in [0, 0.05) is 18.6 Å². The number of hydrogen-bond acceptors (Lipinski definition) is 3. The van der Waals surface area contributed by atoms with Crippen LogP contribution < -0.4 is 5.73 Å². The predicted octanol–water partition coefficient (Wildman–Crippen LogP) is 0.180. The van der Waals surface area contributed by atoms with E-state index in [0.29, 0.717) is 6.54 Å². The van der Waals surface area contributed by atoms with E-state index in [0.717, 1.165) is 19.5 Å². The molecular formula is C9H20N2O. The molecule has 0 radical (unpaired) electrons. The van der Waals surface area contributed by atoms with E-state index in [9.17, 15) is 5.11 Å². The molecule has 1 rings (SSSR count). The van der Waals surface area contributed by atoms with Crippen molar-refractivity contribution in [3.63, 3.8) is 0 Å². The first-order valence-corrected chi connectivity index (χ1v) is 4.55. The molecule has 0 saturated carbocycles. The summed E-state index contributed by atoms with van der Waals surface area (Å²) in [6.07, 6.45) is 0.722. The van der Waals surface area contributed by atoms with Crippen molar-refractivity contribution in [2.75, 3.05) is 19.6 Å². The molecule has 1 aliphatic heterocycles. The Hall–Kier alpha value is -0.120. The molecule has 3 nitrogen and oxygen atoms in total. The lowest BCUT2D eigenvalue weighted by Gasteiger charge is -2.53. The van der Waals surface area contributed by atoms with Crippen molar-refractivity contribution in [2.45, 2.75) is 38.3 Å². The molecular weight excluding hydrogens is 152 g/mol. The molecule has 1 aliphatic rings. The summed E-state index contributed by atoms with van der Waals surface area (Å²) in [5, 5.41) is 9.82. The van der Waals surface area contributed by atoms with Gasteiger partial charge in [0.05, 0.1) is 5.60 Å². The quantitative estimate of drug-likeness (QED) is 0.625. The highest BCUT2D eigenvalue weighted by Crippen LogP contribution is 2.30. The molecule has 0 unspecified atom stereocenters. The maximum absolute atomic E-state index is 9.82. The Bertz CT molecular complexity index is 156. The predicted molar refractivity (Wildman–Crippen MR) is 49.9 cm³/mol. The third-order valence-electron chi connectivity index (χ3n) is 2.53. The highest BCUT2D eigenvalue weighted by atomic mass is 16.3. The van der Waals surface area contributed by atoms with Crippen LogP contribution in [0.3, 0.4) is 0 Å². The monoisotopic (exact) mass is 172 g/mol. The average Bonchev–Trinajstić information content (AvgIpc) is 1.81. The third kappa shape index (κ3) is 1.97. The fourth-order valence-electron chi connectivity index (χ4n) is 1.57. The van der Waals surface area contributed by atoms with Crippen LogP contribution in [-0.2, 0) is 0 Å². The Balaban J connectivity index is 2.36. The number of β-amino-alcohol motifs (C(OH)–C–C–N with tert-alkyl or cyclic N) is 1. The van der Waals surface area contributed by atoms with Crippen molar-refractivity contribution < 1.29 is 5.11 Å². The zero-order valence-corrected chi connectivity index (χ0v) is 8.30. The van der Waals surface area contributed by atoms with Crippen molar-refractivity contribution in [3.8, 4) is 0 Å². The standard InChI is InChI=1S/C9H20N2O/c1-8(2,3)11-6-9(12,7-11)4-5-10/h12H,4-7,10H2,1-3H3. The second kappa shape index (κ2) is 2.98. The van der Waals surface area contributed by atoms with Crippen LogP contribution in [0, 0.1) is 0 Å². The average molecular weight is 172 g/mol. The molecule has 0 amide bonds. The van der Waals surface area contributed by atoms with Crippen LogP contribution >= 0.6 is 0 Å². The minimum absolute atomic E-state index is 0.181. The molecule has 1 saturated heterocycles. The van der Waals surface area contributed by atoms with E-state index in [2.05, 4.69) is 25.7 Å². The molecule has 0 aliphatic carbocycles. The second-order valence-electron chi connectivity index (χ2n) is 4.79. The van der Waals surface area contributed by atoms with E-state index >= 15 is 0 Å². The lowest BCUT2D eigenvalue weighted by Crippen LogP contribution is -2.67. The lowest BCUT2D eigenvalue weighted by molar-refractivity contribution is -0.134. The lowest BCUT2D eigenvalue weighted by atomic mass is 9.86. The van der Waals surface area contributed by atoms with Crippen molar-refractivity contribution in [3.05, 3.63) is 0 Å². The van der Waals surface area contributed by atoms with E-state index in [1.165, 1.54) is 0 Å². The summed E-state index contributed by atoms with van der Waals surface area (Å²) in [6.45, 7) is 8.61. The summed E-state index contributed by atoms with van der Waals surface area (Å²) in [6, 6.07) is 0. The molecule has 3 heteroatoms. The molecule has 0 spiro atoms. The van der Waals surface area contributed by atoms with Gasteiger partial charge in [0.15, 0.2) is 0 Å². The number of likely N-dealkylation sites (tertiary alicyclic amines) is 1. The van der Waals surface area contributed by atoms with E-state index in [4.69, 9.17) is 5.73 Å². The van der Waals surface area contributed by atoms with Gasteiger partial charge in [-0.25, -0.2) is 0 Å². The van der Waals surface area contributed by atoms with Crippen molar-refractivity contribution in [2.24, 2.45) is 5.73 Å². The Morgan fingerprint density at radius 2 is 1.92 bits per heavy atom. The topological polar surface area (TPSA) is 49.5 Å². The minimum atomic E-state index is -0.498. The summed E-state index contributed by atoms with van der Waals surface area (Å²) in [7, 11) is 0. The number of rotatable bonds is 2. The number of nitrogens with two attached hydrogens (primary N) is 1. The molecule has 0 aromatic rings. The molecule has 12 heavy (non-hydrogen) atoms. The molecule has 0 aromatic carbocycles. The van der Waals surface area contributed by atoms with E-state index < -0.39 is 5.60 Å². The first-order chi connectivity index (χ1) is 5.37. The molecule has 1 fully saturated rings. The van der Waals surface area contributed by atoms with E-state index in [1.54, 1.807) is 0 Å². The largest absolute Gasteiger partial charge is 0.387 e. The Morgan fingerprint density at radius 3 is 2.25 bits per heavy atom. The van der Waals surface area contributed by atoms with Gasteiger partial charge < -0.3 is 10.8 Å². The van der Waals surface area contributed by atoms with Crippen LogP contribution in [-0.4, -0.2) is 40.8 Å². The molecule has 72 valence electrons. The summed E-state index contributed by atoms with van der Waals surface area (Å²) < 4.78 is 0. The maximum Gasteiger partial charge on any atom is 0.0912 e. The fourth-order valence-corrected chi connectivity index (χ4v) is 1.57. The van der Waals surface area contributed by atoms with Crippen molar-refractivity contribution in [1.82, 2.24) is 4.90 Å². The van der Waals surface area contributed by atoms with Crippen LogP contribution in [0.1, 0.15) is 27.2 Å². The second-order valence-corrected chi connectivity index (χ2v) is 4.79. The number of nitrogens with zero attached hydrogens (tertiary/aromatic N) is 1. The first kappa shape index (κ1) is 9.96. The third-order valence-corrected chi connectivity index (χ3v) is 2.53. The summed E-state index contributed by atoms with van der Waals surface area (Å²) in [5.74, 6) is 0. The van der Waals surface area contributed by atoms with Crippen LogP contribution in [0.25, 0.3) is 0 Å². The van der Waals surface area contributed by atoms with Gasteiger partial charge in [-0.05, 0) is 33.7 Å². The molecule has 0 atom stereocenters. The summed E-state index contributed by atoms with van der Waals surface area (Å²) in [4.78, 5) is 2.27. The maximum atomic E-state index is 9.82. The van der Waals surface area contributed by atoms with Crippen LogP contribution in [0.2, 0.25) is 0 Å². The highest BCUT2D eigenvalue weighted by Gasteiger charge is 2.44. The zero-order valence-electron chi connectivity index (χ0n) is 8.30. The van der Waals surface area contributed by atoms with Gasteiger partial charge in [-0.1, -0.05) is 0 Å². The van der Waals surface area contributed by atoms with Crippen LogP contribution in [0.4, 0.5) is 0 Å². The van der Waals surface area contributed by atoms with Gasteiger partial charge in [-0.2, -0.15) is 0 Å². The van der Waals surface area contributed by atoms with E-state index in [1.807, 2.05) is 0 Å². The van der Waals surface area contributed by atoms with Crippen molar-refractivity contribution >= 4 is 0 Å². The molecule has 0 aromatic heterocycles. The molecule has 1 heterocycles. The molecule has 0 bridgehead atoms. The number of aliphatic hydroxyl groups is 1. The summed E-state index contributed by atoms with van der Waals surface area (Å²) >= 11 is 0. The minimum Gasteiger partial charge on any atom is -0.387 e. The number of hydrogen-bond donors (Lipinski definition) is 2. The van der Waals surface area contributed by atoms with Gasteiger partial charge >= 0.3 is 0 Å². The Morgan fingerprint density at radius 1 is 1.42 bits per heavy atom. The van der Waals surface area contributed by atoms with Crippen molar-refractivity contribution in [1.29, 1.82) is 0 Å². The Kier molecular flexibility index (Phi) is 2.47. The Labute approximate surface area is 74.5 Å². The highest BCUT2D eigenvalue weighted by molar-refractivity contribution is 5.00. The van der Waals surface area contributed by atoms with Gasteiger partial charge in [0.2, 0.25) is 0 Å². The van der Waals surface area contributed by atoms with E-state index in [-0.39, 0.29) is 5.54 Å². The SMILES string of the molecule is CC(C)(C)N1CC(O)(CCN)C1. The first-order valence-electron chi connectivity index (χ1n) is 4.55. The van der Waals surface area contributed by atoms with Crippen LogP contribution in [0.5, 0.6) is 0 Å². The smallest absolute Gasteiger partial charge is 0.0912 e. The normalized spacial score (nSPS) is 23.8. The molecule has 3 N–H and O–H groups in total. The van der Waals surface area contributed by atoms with Gasteiger partial charge in [-0.15, -0.1) is 0 Å².